The van der Waals surface area contributed by atoms with Gasteiger partial charge in [0.1, 0.15) is 5.82 Å². The summed E-state index contributed by atoms with van der Waals surface area (Å²) in [4.78, 5) is 18.4. The Kier molecular flexibility index (Phi) is 4.27. The fourth-order valence-corrected chi connectivity index (χ4v) is 2.55. The van der Waals surface area contributed by atoms with Crippen LogP contribution in [0.25, 0.3) is 0 Å². The summed E-state index contributed by atoms with van der Waals surface area (Å²) < 4.78 is 0. The molecule has 0 unspecified atom stereocenters. The lowest BCUT2D eigenvalue weighted by atomic mass is 9.96. The molecule has 1 fully saturated rings. The summed E-state index contributed by atoms with van der Waals surface area (Å²) in [5.74, 6) is 2.57. The van der Waals surface area contributed by atoms with Crippen LogP contribution in [0, 0.1) is 0 Å². The number of likely N-dealkylation sites (tertiary alicyclic amines) is 1. The van der Waals surface area contributed by atoms with E-state index >= 15 is 0 Å². The minimum Gasteiger partial charge on any atom is -0.324 e. The van der Waals surface area contributed by atoms with Crippen LogP contribution in [0.1, 0.15) is 37.3 Å². The van der Waals surface area contributed by atoms with E-state index in [9.17, 15) is 4.79 Å². The summed E-state index contributed by atoms with van der Waals surface area (Å²) >= 11 is 0. The summed E-state index contributed by atoms with van der Waals surface area (Å²) in [5, 5.41) is 17.6. The molecular weight excluding hydrogens is 282 g/mol. The molecule has 0 radical (unpaired) electrons. The Labute approximate surface area is 128 Å². The first-order chi connectivity index (χ1) is 10.8. The molecule has 0 spiro atoms. The maximum atomic E-state index is 12.2. The molecule has 3 heterocycles. The number of anilines is 1. The van der Waals surface area contributed by atoms with Crippen molar-refractivity contribution in [1.29, 1.82) is 0 Å². The van der Waals surface area contributed by atoms with Crippen LogP contribution >= 0.6 is 0 Å². The van der Waals surface area contributed by atoms with Crippen molar-refractivity contribution < 1.29 is 4.79 Å². The Balaban J connectivity index is 1.54. The predicted molar refractivity (Wildman–Crippen MR) is 80.4 cm³/mol. The fourth-order valence-electron chi connectivity index (χ4n) is 2.55. The van der Waals surface area contributed by atoms with Gasteiger partial charge in [-0.1, -0.05) is 6.92 Å². The van der Waals surface area contributed by atoms with Crippen molar-refractivity contribution in [1.82, 2.24) is 30.3 Å². The zero-order valence-electron chi connectivity index (χ0n) is 12.5. The molecule has 2 aromatic heterocycles. The van der Waals surface area contributed by atoms with Crippen molar-refractivity contribution >= 4 is 11.8 Å². The largest absolute Gasteiger partial charge is 0.324 e. The number of rotatable bonds is 3. The van der Waals surface area contributed by atoms with Crippen molar-refractivity contribution in [2.45, 2.75) is 32.1 Å². The molecule has 3 rings (SSSR count). The monoisotopic (exact) mass is 301 g/mol. The number of amides is 2. The van der Waals surface area contributed by atoms with E-state index in [1.165, 1.54) is 0 Å². The average molecular weight is 301 g/mol. The van der Waals surface area contributed by atoms with Gasteiger partial charge in [-0.3, -0.25) is 10.4 Å². The highest BCUT2D eigenvalue weighted by molar-refractivity contribution is 5.88. The van der Waals surface area contributed by atoms with Crippen LogP contribution in [0.4, 0.5) is 10.6 Å². The second-order valence-corrected chi connectivity index (χ2v) is 5.29. The zero-order valence-corrected chi connectivity index (χ0v) is 12.5. The normalized spacial score (nSPS) is 15.8. The van der Waals surface area contributed by atoms with E-state index in [0.717, 1.165) is 30.9 Å². The Morgan fingerprint density at radius 1 is 1.45 bits per heavy atom. The van der Waals surface area contributed by atoms with Gasteiger partial charge < -0.3 is 4.90 Å². The number of piperidine rings is 1. The molecule has 0 aromatic carbocycles. The number of aromatic nitrogens is 5. The van der Waals surface area contributed by atoms with Crippen LogP contribution in [0.3, 0.4) is 0 Å². The van der Waals surface area contributed by atoms with E-state index in [0.29, 0.717) is 24.8 Å². The SMILES string of the molecule is CCc1nc(C2CCN(C(=O)Nc3cccnn3)CC2)n[nH]1. The van der Waals surface area contributed by atoms with Crippen LogP contribution in [0.2, 0.25) is 0 Å². The van der Waals surface area contributed by atoms with Crippen molar-refractivity contribution in [3.63, 3.8) is 0 Å². The number of aromatic amines is 1. The maximum absolute atomic E-state index is 12.2. The average Bonchev–Trinajstić information content (AvgIpc) is 3.05. The fraction of sp³-hybridized carbons (Fsp3) is 0.500. The third kappa shape index (κ3) is 3.21. The van der Waals surface area contributed by atoms with Crippen LogP contribution in [0.5, 0.6) is 0 Å². The first-order valence-electron chi connectivity index (χ1n) is 7.51. The van der Waals surface area contributed by atoms with Gasteiger partial charge in [-0.25, -0.2) is 9.78 Å². The quantitative estimate of drug-likeness (QED) is 0.896. The van der Waals surface area contributed by atoms with Gasteiger partial charge in [0.05, 0.1) is 0 Å². The summed E-state index contributed by atoms with van der Waals surface area (Å²) in [6.07, 6.45) is 4.17. The molecule has 1 aliphatic rings. The molecule has 116 valence electrons. The highest BCUT2D eigenvalue weighted by Crippen LogP contribution is 2.25. The molecule has 0 atom stereocenters. The minimum absolute atomic E-state index is 0.136. The molecule has 2 N–H and O–H groups in total. The van der Waals surface area contributed by atoms with Crippen molar-refractivity contribution in [3.8, 4) is 0 Å². The van der Waals surface area contributed by atoms with E-state index in [1.807, 2.05) is 6.92 Å². The van der Waals surface area contributed by atoms with Gasteiger partial charge in [-0.2, -0.15) is 10.2 Å². The Morgan fingerprint density at radius 2 is 2.27 bits per heavy atom. The topological polar surface area (TPSA) is 99.7 Å². The van der Waals surface area contributed by atoms with E-state index in [4.69, 9.17) is 0 Å². The predicted octanol–water partition coefficient (Wildman–Crippen LogP) is 1.57. The molecule has 0 bridgehead atoms. The molecule has 8 heteroatoms. The van der Waals surface area contributed by atoms with E-state index in [-0.39, 0.29) is 6.03 Å². The second-order valence-electron chi connectivity index (χ2n) is 5.29. The molecule has 2 amide bonds. The van der Waals surface area contributed by atoms with Gasteiger partial charge in [0.15, 0.2) is 11.6 Å². The third-order valence-electron chi connectivity index (χ3n) is 3.84. The van der Waals surface area contributed by atoms with Crippen LogP contribution in [-0.2, 0) is 6.42 Å². The second kappa shape index (κ2) is 6.50. The number of hydrogen-bond donors (Lipinski definition) is 2. The maximum Gasteiger partial charge on any atom is 0.323 e. The number of H-pyrrole nitrogens is 1. The lowest BCUT2D eigenvalue weighted by Crippen LogP contribution is -2.40. The number of carbonyl (C=O) groups excluding carboxylic acids is 1. The standard InChI is InChI=1S/C14H19N7O/c1-2-11-16-13(20-19-11)10-5-8-21(9-6-10)14(22)17-12-4-3-7-15-18-12/h3-4,7,10H,2,5-6,8-9H2,1H3,(H,16,19,20)(H,17,18,22). The molecule has 0 aliphatic carbocycles. The molecular formula is C14H19N7O. The number of hydrogen-bond acceptors (Lipinski definition) is 5. The number of nitrogens with zero attached hydrogens (tertiary/aromatic N) is 5. The lowest BCUT2D eigenvalue weighted by Gasteiger charge is -2.30. The smallest absolute Gasteiger partial charge is 0.323 e. The zero-order chi connectivity index (χ0) is 15.4. The van der Waals surface area contributed by atoms with E-state index in [2.05, 4.69) is 30.7 Å². The van der Waals surface area contributed by atoms with Crippen LogP contribution in [0.15, 0.2) is 18.3 Å². The highest BCUT2D eigenvalue weighted by Gasteiger charge is 2.26. The van der Waals surface area contributed by atoms with E-state index in [1.54, 1.807) is 23.2 Å². The highest BCUT2D eigenvalue weighted by atomic mass is 16.2. The number of carbonyl (C=O) groups is 1. The molecule has 0 saturated carbocycles. The van der Waals surface area contributed by atoms with Crippen molar-refractivity contribution in [2.75, 3.05) is 18.4 Å². The third-order valence-corrected chi connectivity index (χ3v) is 3.84. The van der Waals surface area contributed by atoms with Gasteiger partial charge in [-0.05, 0) is 25.0 Å². The summed E-state index contributed by atoms with van der Waals surface area (Å²) in [7, 11) is 0. The Bertz CT molecular complexity index is 619. The van der Waals surface area contributed by atoms with Gasteiger partial charge >= 0.3 is 6.03 Å². The van der Waals surface area contributed by atoms with Crippen molar-refractivity contribution in [3.05, 3.63) is 30.0 Å². The molecule has 1 aliphatic heterocycles. The minimum atomic E-state index is -0.136. The molecule has 22 heavy (non-hydrogen) atoms. The Morgan fingerprint density at radius 3 is 2.91 bits per heavy atom. The summed E-state index contributed by atoms with van der Waals surface area (Å²) in [6, 6.07) is 3.32. The summed E-state index contributed by atoms with van der Waals surface area (Å²) in [6.45, 7) is 3.42. The first kappa shape index (κ1) is 14.4. The number of urea groups is 1. The Hall–Kier alpha value is -2.51. The lowest BCUT2D eigenvalue weighted by molar-refractivity contribution is 0.193. The van der Waals surface area contributed by atoms with Gasteiger partial charge in [0.25, 0.3) is 0 Å². The van der Waals surface area contributed by atoms with Crippen LogP contribution < -0.4 is 5.32 Å². The van der Waals surface area contributed by atoms with Crippen LogP contribution in [-0.4, -0.2) is 49.4 Å². The van der Waals surface area contributed by atoms with E-state index < -0.39 is 0 Å². The molecule has 8 nitrogen and oxygen atoms in total. The van der Waals surface area contributed by atoms with Gasteiger partial charge in [0, 0.05) is 31.6 Å². The number of nitrogens with one attached hydrogen (secondary N) is 2. The number of aryl methyl sites for hydroxylation is 1. The van der Waals surface area contributed by atoms with Gasteiger partial charge in [-0.15, -0.1) is 5.10 Å². The summed E-state index contributed by atoms with van der Waals surface area (Å²) in [5.41, 5.74) is 0. The van der Waals surface area contributed by atoms with Gasteiger partial charge in [0.2, 0.25) is 0 Å². The van der Waals surface area contributed by atoms with Crippen molar-refractivity contribution in [2.24, 2.45) is 0 Å². The first-order valence-corrected chi connectivity index (χ1v) is 7.51. The molecule has 1 saturated heterocycles. The molecule has 2 aromatic rings.